The fourth-order valence-electron chi connectivity index (χ4n) is 2.11. The van der Waals surface area contributed by atoms with Crippen molar-refractivity contribution in [2.75, 3.05) is 0 Å². The minimum absolute atomic E-state index is 0.0565. The van der Waals surface area contributed by atoms with Crippen molar-refractivity contribution in [1.29, 1.82) is 0 Å². The molecule has 0 aliphatic rings. The third-order valence-electron chi connectivity index (χ3n) is 5.84. The van der Waals surface area contributed by atoms with Gasteiger partial charge in [-0.15, -0.1) is 0 Å². The SMILES string of the molecule is CC(C)(C)C(C)(C)C(C)(O)C(C)(C)C(C)(C)O. The van der Waals surface area contributed by atoms with Crippen LogP contribution in [0, 0.1) is 16.2 Å². The first-order valence-corrected chi connectivity index (χ1v) is 6.45. The van der Waals surface area contributed by atoms with Crippen LogP contribution in [0.5, 0.6) is 0 Å². The van der Waals surface area contributed by atoms with Gasteiger partial charge in [0.05, 0.1) is 11.2 Å². The highest BCUT2D eigenvalue weighted by atomic mass is 16.3. The van der Waals surface area contributed by atoms with E-state index >= 15 is 0 Å². The Kier molecular flexibility index (Phi) is 3.94. The van der Waals surface area contributed by atoms with Crippen molar-refractivity contribution in [3.05, 3.63) is 0 Å². The molecule has 0 rings (SSSR count). The van der Waals surface area contributed by atoms with E-state index in [0.29, 0.717) is 0 Å². The summed E-state index contributed by atoms with van der Waals surface area (Å²) >= 11 is 0. The molecule has 0 aliphatic heterocycles. The lowest BCUT2D eigenvalue weighted by Crippen LogP contribution is -2.64. The first kappa shape index (κ1) is 16.9. The molecule has 2 nitrogen and oxygen atoms in total. The molecular weight excluding hydrogens is 212 g/mol. The van der Waals surface area contributed by atoms with Crippen LogP contribution in [-0.2, 0) is 0 Å². The van der Waals surface area contributed by atoms with Gasteiger partial charge in [-0.1, -0.05) is 48.5 Å². The highest BCUT2D eigenvalue weighted by Crippen LogP contribution is 2.56. The van der Waals surface area contributed by atoms with Gasteiger partial charge in [0.25, 0.3) is 0 Å². The molecule has 2 heteroatoms. The van der Waals surface area contributed by atoms with E-state index in [1.165, 1.54) is 0 Å². The quantitative estimate of drug-likeness (QED) is 0.796. The van der Waals surface area contributed by atoms with Crippen LogP contribution in [0.25, 0.3) is 0 Å². The van der Waals surface area contributed by atoms with Gasteiger partial charge in [0.1, 0.15) is 0 Å². The summed E-state index contributed by atoms with van der Waals surface area (Å²) < 4.78 is 0. The molecule has 104 valence electrons. The standard InChI is InChI=1S/C15H32O2/c1-11(2,3)12(4,5)15(10,17)13(6,7)14(8,9)16/h16-17H,1-10H3. The molecule has 0 spiro atoms. The van der Waals surface area contributed by atoms with E-state index in [1.807, 2.05) is 20.8 Å². The second kappa shape index (κ2) is 3.96. The molecule has 0 aromatic heterocycles. The van der Waals surface area contributed by atoms with Crippen LogP contribution in [0.1, 0.15) is 69.2 Å². The zero-order valence-corrected chi connectivity index (χ0v) is 13.4. The molecule has 0 radical (unpaired) electrons. The van der Waals surface area contributed by atoms with E-state index in [4.69, 9.17) is 0 Å². The van der Waals surface area contributed by atoms with Gasteiger partial charge in [-0.2, -0.15) is 0 Å². The largest absolute Gasteiger partial charge is 0.390 e. The minimum Gasteiger partial charge on any atom is -0.390 e. The monoisotopic (exact) mass is 244 g/mol. The smallest absolute Gasteiger partial charge is 0.0753 e. The van der Waals surface area contributed by atoms with E-state index in [0.717, 1.165) is 0 Å². The molecule has 0 amide bonds. The predicted octanol–water partition coefficient (Wildman–Crippen LogP) is 3.61. The lowest BCUT2D eigenvalue weighted by atomic mass is 9.50. The van der Waals surface area contributed by atoms with Crippen molar-refractivity contribution in [3.8, 4) is 0 Å². The van der Waals surface area contributed by atoms with Crippen molar-refractivity contribution in [3.63, 3.8) is 0 Å². The van der Waals surface area contributed by atoms with Crippen LogP contribution in [0.15, 0.2) is 0 Å². The average molecular weight is 244 g/mol. The Morgan fingerprint density at radius 3 is 1.00 bits per heavy atom. The summed E-state index contributed by atoms with van der Waals surface area (Å²) in [4.78, 5) is 0. The van der Waals surface area contributed by atoms with Gasteiger partial charge < -0.3 is 10.2 Å². The van der Waals surface area contributed by atoms with E-state index < -0.39 is 16.6 Å². The number of aliphatic hydroxyl groups is 2. The molecule has 0 saturated carbocycles. The number of hydrogen-bond acceptors (Lipinski definition) is 2. The first-order valence-electron chi connectivity index (χ1n) is 6.45. The van der Waals surface area contributed by atoms with E-state index in [2.05, 4.69) is 34.6 Å². The fourth-order valence-corrected chi connectivity index (χ4v) is 2.11. The van der Waals surface area contributed by atoms with Gasteiger partial charge in [-0.3, -0.25) is 0 Å². The summed E-state index contributed by atoms with van der Waals surface area (Å²) in [5, 5.41) is 21.4. The summed E-state index contributed by atoms with van der Waals surface area (Å²) in [5.74, 6) is 0. The van der Waals surface area contributed by atoms with Crippen molar-refractivity contribution in [1.82, 2.24) is 0 Å². The molecule has 0 fully saturated rings. The highest BCUT2D eigenvalue weighted by Gasteiger charge is 2.59. The number of rotatable bonds is 3. The van der Waals surface area contributed by atoms with Crippen LogP contribution in [-0.4, -0.2) is 21.4 Å². The minimum atomic E-state index is -0.990. The molecule has 0 aromatic rings. The molecule has 2 N–H and O–H groups in total. The highest BCUT2D eigenvalue weighted by molar-refractivity contribution is 5.09. The predicted molar refractivity (Wildman–Crippen MR) is 73.9 cm³/mol. The van der Waals surface area contributed by atoms with Crippen molar-refractivity contribution in [2.24, 2.45) is 16.2 Å². The molecule has 1 unspecified atom stereocenters. The van der Waals surface area contributed by atoms with Crippen LogP contribution in [0.2, 0.25) is 0 Å². The molecule has 0 saturated heterocycles. The van der Waals surface area contributed by atoms with Gasteiger partial charge in [0.15, 0.2) is 0 Å². The second-order valence-electron chi connectivity index (χ2n) is 8.13. The summed E-state index contributed by atoms with van der Waals surface area (Å²) in [7, 11) is 0. The Hall–Kier alpha value is -0.0800. The average Bonchev–Trinajstić information content (AvgIpc) is 1.98. The van der Waals surface area contributed by atoms with Crippen LogP contribution < -0.4 is 0 Å². The van der Waals surface area contributed by atoms with Gasteiger partial charge >= 0.3 is 0 Å². The Balaban J connectivity index is 5.73. The Bertz CT molecular complexity index is 244. The Morgan fingerprint density at radius 2 is 0.824 bits per heavy atom. The zero-order valence-electron chi connectivity index (χ0n) is 13.4. The zero-order chi connectivity index (χ0) is 14.5. The maximum absolute atomic E-state index is 11.1. The Morgan fingerprint density at radius 1 is 0.529 bits per heavy atom. The maximum Gasteiger partial charge on any atom is 0.0753 e. The van der Waals surface area contributed by atoms with E-state index in [9.17, 15) is 10.2 Å². The van der Waals surface area contributed by atoms with Gasteiger partial charge in [-0.25, -0.2) is 0 Å². The van der Waals surface area contributed by atoms with Crippen LogP contribution in [0.3, 0.4) is 0 Å². The second-order valence-corrected chi connectivity index (χ2v) is 8.13. The third-order valence-corrected chi connectivity index (χ3v) is 5.84. The molecule has 1 atom stereocenters. The molecular formula is C15H32O2. The van der Waals surface area contributed by atoms with Crippen LogP contribution >= 0.6 is 0 Å². The topological polar surface area (TPSA) is 40.5 Å². The Labute approximate surface area is 107 Å². The maximum atomic E-state index is 11.1. The summed E-state index contributed by atoms with van der Waals surface area (Å²) in [6.07, 6.45) is 0. The summed E-state index contributed by atoms with van der Waals surface area (Å²) in [6, 6.07) is 0. The van der Waals surface area contributed by atoms with Gasteiger partial charge in [-0.05, 0) is 31.6 Å². The molecule has 0 aliphatic carbocycles. The van der Waals surface area contributed by atoms with Gasteiger partial charge in [0.2, 0.25) is 0 Å². The normalized spacial score (nSPS) is 19.1. The van der Waals surface area contributed by atoms with E-state index in [1.54, 1.807) is 13.8 Å². The molecule has 0 heterocycles. The van der Waals surface area contributed by atoms with E-state index in [-0.39, 0.29) is 10.8 Å². The fraction of sp³-hybridized carbons (Fsp3) is 1.00. The third kappa shape index (κ3) is 2.39. The summed E-state index contributed by atoms with van der Waals surface area (Å²) in [5.41, 5.74) is -2.94. The molecule has 0 aromatic carbocycles. The summed E-state index contributed by atoms with van der Waals surface area (Å²) in [6.45, 7) is 19.8. The first-order chi connectivity index (χ1) is 7.00. The molecule has 17 heavy (non-hydrogen) atoms. The van der Waals surface area contributed by atoms with Crippen LogP contribution in [0.4, 0.5) is 0 Å². The van der Waals surface area contributed by atoms with Crippen molar-refractivity contribution >= 4 is 0 Å². The lowest BCUT2D eigenvalue weighted by molar-refractivity contribution is -0.228. The van der Waals surface area contributed by atoms with Crippen molar-refractivity contribution in [2.45, 2.75) is 80.4 Å². The lowest BCUT2D eigenvalue weighted by Gasteiger charge is -2.59. The van der Waals surface area contributed by atoms with Crippen molar-refractivity contribution < 1.29 is 10.2 Å². The number of hydrogen-bond donors (Lipinski definition) is 2. The molecule has 0 bridgehead atoms. The van der Waals surface area contributed by atoms with Gasteiger partial charge in [0, 0.05) is 5.41 Å².